The van der Waals surface area contributed by atoms with Gasteiger partial charge in [0.2, 0.25) is 11.8 Å². The van der Waals surface area contributed by atoms with Gasteiger partial charge in [0.15, 0.2) is 0 Å². The van der Waals surface area contributed by atoms with Crippen molar-refractivity contribution >= 4 is 23.6 Å². The molecular formula is C15H20FN5O2S. The Bertz CT molecular complexity index is 614. The molecule has 0 aromatic heterocycles. The lowest BCUT2D eigenvalue weighted by Crippen LogP contribution is -2.62. The number of halogens is 1. The third-order valence-electron chi connectivity index (χ3n) is 4.09. The van der Waals surface area contributed by atoms with Crippen molar-refractivity contribution in [1.29, 1.82) is 0 Å². The quantitative estimate of drug-likeness (QED) is 0.575. The van der Waals surface area contributed by atoms with E-state index < -0.39 is 0 Å². The molecule has 9 heteroatoms. The van der Waals surface area contributed by atoms with Crippen LogP contribution < -0.4 is 21.4 Å². The van der Waals surface area contributed by atoms with Gasteiger partial charge < -0.3 is 10.6 Å². The minimum Gasteiger partial charge on any atom is -0.358 e. The molecule has 1 aromatic carbocycles. The SMILES string of the molecule is CNC(=O)CSC1NC(=O)C2CNN(Cc3ccc(F)cc3)C2N1. The maximum absolute atomic E-state index is 13.0. The Kier molecular flexibility index (Phi) is 5.34. The Hall–Kier alpha value is -1.68. The minimum atomic E-state index is -0.327. The van der Waals surface area contributed by atoms with Crippen molar-refractivity contribution in [1.82, 2.24) is 26.4 Å². The molecular weight excluding hydrogens is 333 g/mol. The van der Waals surface area contributed by atoms with Crippen molar-refractivity contribution in [3.05, 3.63) is 35.6 Å². The van der Waals surface area contributed by atoms with E-state index in [4.69, 9.17) is 0 Å². The minimum absolute atomic E-state index is 0.0396. The van der Waals surface area contributed by atoms with Crippen LogP contribution in [-0.2, 0) is 16.1 Å². The molecule has 3 atom stereocenters. The van der Waals surface area contributed by atoms with Gasteiger partial charge in [0.25, 0.3) is 0 Å². The lowest BCUT2D eigenvalue weighted by molar-refractivity contribution is -0.128. The van der Waals surface area contributed by atoms with Crippen LogP contribution in [0.2, 0.25) is 0 Å². The smallest absolute Gasteiger partial charge is 0.229 e. The molecule has 2 aliphatic rings. The highest BCUT2D eigenvalue weighted by Gasteiger charge is 2.43. The van der Waals surface area contributed by atoms with Gasteiger partial charge in [-0.05, 0) is 17.7 Å². The van der Waals surface area contributed by atoms with Gasteiger partial charge >= 0.3 is 0 Å². The van der Waals surface area contributed by atoms with E-state index in [0.717, 1.165) is 5.56 Å². The van der Waals surface area contributed by atoms with E-state index in [-0.39, 0.29) is 41.0 Å². The van der Waals surface area contributed by atoms with Crippen molar-refractivity contribution in [2.45, 2.75) is 18.2 Å². The number of nitrogens with one attached hydrogen (secondary N) is 4. The van der Waals surface area contributed by atoms with E-state index in [9.17, 15) is 14.0 Å². The zero-order chi connectivity index (χ0) is 17.1. The first-order valence-corrected chi connectivity index (χ1v) is 8.75. The predicted molar refractivity (Wildman–Crippen MR) is 88.8 cm³/mol. The van der Waals surface area contributed by atoms with Crippen molar-refractivity contribution in [2.75, 3.05) is 19.3 Å². The maximum atomic E-state index is 13.0. The summed E-state index contributed by atoms with van der Waals surface area (Å²) in [5.74, 6) is -0.348. The normalized spacial score (nSPS) is 26.8. The number of benzene rings is 1. The van der Waals surface area contributed by atoms with Gasteiger partial charge in [-0.3, -0.25) is 20.3 Å². The van der Waals surface area contributed by atoms with Gasteiger partial charge in [-0.2, -0.15) is 0 Å². The summed E-state index contributed by atoms with van der Waals surface area (Å²) in [6.07, 6.45) is -0.175. The summed E-state index contributed by atoms with van der Waals surface area (Å²) < 4.78 is 13.0. The van der Waals surface area contributed by atoms with Crippen molar-refractivity contribution in [3.63, 3.8) is 0 Å². The highest BCUT2D eigenvalue weighted by Crippen LogP contribution is 2.23. The zero-order valence-corrected chi connectivity index (χ0v) is 14.0. The summed E-state index contributed by atoms with van der Waals surface area (Å²) in [5, 5.41) is 10.7. The van der Waals surface area contributed by atoms with Crippen molar-refractivity contribution < 1.29 is 14.0 Å². The second kappa shape index (κ2) is 7.47. The summed E-state index contributed by atoms with van der Waals surface area (Å²) >= 11 is 1.33. The third kappa shape index (κ3) is 3.86. The molecule has 0 saturated carbocycles. The molecule has 0 bridgehead atoms. The molecule has 2 saturated heterocycles. The number of thioether (sulfide) groups is 1. The molecule has 4 N–H and O–H groups in total. The molecule has 24 heavy (non-hydrogen) atoms. The van der Waals surface area contributed by atoms with Crippen molar-refractivity contribution in [2.24, 2.45) is 5.92 Å². The van der Waals surface area contributed by atoms with Crippen LogP contribution in [0, 0.1) is 11.7 Å². The second-order valence-electron chi connectivity index (χ2n) is 5.71. The summed E-state index contributed by atoms with van der Waals surface area (Å²) in [6, 6.07) is 6.30. The molecule has 2 aliphatic heterocycles. The Morgan fingerprint density at radius 1 is 1.42 bits per heavy atom. The van der Waals surface area contributed by atoms with Gasteiger partial charge in [0.05, 0.1) is 17.8 Å². The standard InChI is InChI=1S/C15H20FN5O2S/c1-17-12(22)8-24-15-19-13-11(14(23)20-15)6-18-21(13)7-9-2-4-10(16)5-3-9/h2-5,11,13,15,18-19H,6-8H2,1H3,(H,17,22)(H,20,23). The fraction of sp³-hybridized carbons (Fsp3) is 0.467. The van der Waals surface area contributed by atoms with Crippen LogP contribution in [0.3, 0.4) is 0 Å². The molecule has 3 unspecified atom stereocenters. The number of carbonyl (C=O) groups excluding carboxylic acids is 2. The van der Waals surface area contributed by atoms with Crippen LogP contribution in [0.15, 0.2) is 24.3 Å². The van der Waals surface area contributed by atoms with E-state index in [1.54, 1.807) is 19.2 Å². The Morgan fingerprint density at radius 3 is 2.88 bits per heavy atom. The van der Waals surface area contributed by atoms with Gasteiger partial charge in [0, 0.05) is 20.1 Å². The Labute approximate surface area is 143 Å². The second-order valence-corrected chi connectivity index (χ2v) is 6.80. The first-order valence-electron chi connectivity index (χ1n) is 7.70. The number of hydrogen-bond acceptors (Lipinski definition) is 6. The number of fused-ring (bicyclic) bond motifs is 1. The molecule has 130 valence electrons. The number of amides is 2. The summed E-state index contributed by atoms with van der Waals surface area (Å²) in [5.41, 5.74) is 3.84. The fourth-order valence-electron chi connectivity index (χ4n) is 2.78. The molecule has 0 spiro atoms. The monoisotopic (exact) mass is 353 g/mol. The van der Waals surface area contributed by atoms with E-state index in [1.807, 2.05) is 5.01 Å². The summed E-state index contributed by atoms with van der Waals surface area (Å²) in [4.78, 5) is 23.6. The van der Waals surface area contributed by atoms with Gasteiger partial charge in [0.1, 0.15) is 11.3 Å². The van der Waals surface area contributed by atoms with E-state index in [2.05, 4.69) is 21.4 Å². The average molecular weight is 353 g/mol. The van der Waals surface area contributed by atoms with Crippen LogP contribution in [0.4, 0.5) is 4.39 Å². The average Bonchev–Trinajstić information content (AvgIpc) is 2.98. The predicted octanol–water partition coefficient (Wildman–Crippen LogP) is -0.430. The van der Waals surface area contributed by atoms with E-state index in [1.165, 1.54) is 23.9 Å². The van der Waals surface area contributed by atoms with Gasteiger partial charge in [-0.1, -0.05) is 12.1 Å². The number of carbonyl (C=O) groups is 2. The topological polar surface area (TPSA) is 85.5 Å². The molecule has 0 radical (unpaired) electrons. The molecule has 1 aromatic rings. The van der Waals surface area contributed by atoms with Crippen LogP contribution in [0.5, 0.6) is 0 Å². The lowest BCUT2D eigenvalue weighted by Gasteiger charge is -2.36. The highest BCUT2D eigenvalue weighted by molar-refractivity contribution is 8.00. The number of nitrogens with zero attached hydrogens (tertiary/aromatic N) is 1. The molecule has 2 heterocycles. The van der Waals surface area contributed by atoms with E-state index in [0.29, 0.717) is 13.1 Å². The largest absolute Gasteiger partial charge is 0.358 e. The highest BCUT2D eigenvalue weighted by atomic mass is 32.2. The van der Waals surface area contributed by atoms with Gasteiger partial charge in [-0.25, -0.2) is 9.40 Å². The van der Waals surface area contributed by atoms with Crippen LogP contribution in [-0.4, -0.2) is 47.8 Å². The first kappa shape index (κ1) is 17.2. The maximum Gasteiger partial charge on any atom is 0.229 e. The lowest BCUT2D eigenvalue weighted by atomic mass is 10.1. The molecule has 7 nitrogen and oxygen atoms in total. The van der Waals surface area contributed by atoms with Crippen LogP contribution >= 0.6 is 11.8 Å². The Morgan fingerprint density at radius 2 is 2.17 bits per heavy atom. The number of hydrogen-bond donors (Lipinski definition) is 4. The summed E-state index contributed by atoms with van der Waals surface area (Å²) in [7, 11) is 1.58. The molecule has 2 amide bonds. The van der Waals surface area contributed by atoms with E-state index >= 15 is 0 Å². The van der Waals surface area contributed by atoms with Crippen LogP contribution in [0.25, 0.3) is 0 Å². The van der Waals surface area contributed by atoms with Gasteiger partial charge in [-0.15, -0.1) is 11.8 Å². The molecule has 2 fully saturated rings. The Balaban J connectivity index is 1.63. The fourth-order valence-corrected chi connectivity index (χ4v) is 3.68. The molecule has 0 aliphatic carbocycles. The summed E-state index contributed by atoms with van der Waals surface area (Å²) in [6.45, 7) is 1.09. The third-order valence-corrected chi connectivity index (χ3v) is 5.11. The molecule has 3 rings (SSSR count). The first-order chi connectivity index (χ1) is 11.6. The van der Waals surface area contributed by atoms with Crippen molar-refractivity contribution in [3.8, 4) is 0 Å². The zero-order valence-electron chi connectivity index (χ0n) is 13.2. The van der Waals surface area contributed by atoms with Crippen LogP contribution in [0.1, 0.15) is 5.56 Å². The number of hydrazine groups is 1. The number of rotatable bonds is 5.